The molecule has 0 spiro atoms. The number of amides is 1. The molecular weight excluding hydrogens is 330 g/mol. The van der Waals surface area contributed by atoms with E-state index in [1.165, 1.54) is 24.9 Å². The van der Waals surface area contributed by atoms with Gasteiger partial charge in [0.15, 0.2) is 5.75 Å². The molecule has 0 bridgehead atoms. The number of ether oxygens (including phenoxy) is 1. The zero-order valence-corrected chi connectivity index (χ0v) is 15.1. The number of carbonyl (C=O) groups is 1. The molecule has 0 aliphatic rings. The van der Waals surface area contributed by atoms with E-state index in [0.717, 1.165) is 18.4 Å². The Bertz CT molecular complexity index is 568. The largest absolute Gasteiger partial charge is 0.490 e. The van der Waals surface area contributed by atoms with Crippen molar-refractivity contribution in [2.45, 2.75) is 38.0 Å². The predicted molar refractivity (Wildman–Crippen MR) is 96.3 cm³/mol. The molecular formula is C16H25N3O4S. The van der Waals surface area contributed by atoms with E-state index in [9.17, 15) is 14.9 Å². The van der Waals surface area contributed by atoms with Gasteiger partial charge < -0.3 is 15.8 Å². The topological polar surface area (TPSA) is 107 Å². The number of hydrogen-bond acceptors (Lipinski definition) is 6. The molecule has 0 aromatic heterocycles. The number of nitrogens with zero attached hydrogens (tertiary/aromatic N) is 1. The summed E-state index contributed by atoms with van der Waals surface area (Å²) < 4.78 is 4.97. The number of thioether (sulfide) groups is 1. The van der Waals surface area contributed by atoms with Crippen molar-refractivity contribution in [2.75, 3.05) is 19.4 Å². The molecule has 0 atom stereocenters. The van der Waals surface area contributed by atoms with Crippen molar-refractivity contribution >= 4 is 23.4 Å². The summed E-state index contributed by atoms with van der Waals surface area (Å²) in [5, 5.41) is 14.0. The minimum atomic E-state index is -0.474. The van der Waals surface area contributed by atoms with E-state index in [4.69, 9.17) is 10.5 Å². The highest BCUT2D eigenvalue weighted by atomic mass is 32.2. The van der Waals surface area contributed by atoms with Gasteiger partial charge in [-0.3, -0.25) is 14.9 Å². The van der Waals surface area contributed by atoms with Crippen LogP contribution in [0.2, 0.25) is 0 Å². The van der Waals surface area contributed by atoms with Crippen LogP contribution in [-0.4, -0.2) is 35.8 Å². The van der Waals surface area contributed by atoms with Gasteiger partial charge in [0.2, 0.25) is 5.91 Å². The van der Waals surface area contributed by atoms with E-state index >= 15 is 0 Å². The second kappa shape index (κ2) is 9.48. The molecule has 0 saturated carbocycles. The Labute approximate surface area is 146 Å². The van der Waals surface area contributed by atoms with Gasteiger partial charge in [-0.05, 0) is 24.5 Å². The Hall–Kier alpha value is -1.80. The first-order valence-electron chi connectivity index (χ1n) is 7.81. The number of carbonyl (C=O) groups excluding carboxylic acids is 1. The maximum atomic E-state index is 12.1. The highest BCUT2D eigenvalue weighted by Gasteiger charge is 2.26. The summed E-state index contributed by atoms with van der Waals surface area (Å²) in [4.78, 5) is 22.6. The molecule has 1 amide bonds. The van der Waals surface area contributed by atoms with E-state index in [-0.39, 0.29) is 28.6 Å². The first-order valence-corrected chi connectivity index (χ1v) is 8.97. The Morgan fingerprint density at radius 1 is 1.42 bits per heavy atom. The predicted octanol–water partition coefficient (Wildman–Crippen LogP) is 2.47. The molecule has 0 saturated heterocycles. The lowest BCUT2D eigenvalue weighted by Gasteiger charge is -2.31. The third-order valence-electron chi connectivity index (χ3n) is 4.09. The lowest BCUT2D eigenvalue weighted by atomic mass is 9.93. The normalized spacial score (nSPS) is 11.2. The van der Waals surface area contributed by atoms with Gasteiger partial charge in [-0.1, -0.05) is 19.9 Å². The molecule has 0 unspecified atom stereocenters. The van der Waals surface area contributed by atoms with Gasteiger partial charge in [0, 0.05) is 18.4 Å². The van der Waals surface area contributed by atoms with Crippen molar-refractivity contribution in [3.05, 3.63) is 33.9 Å². The molecule has 7 nitrogen and oxygen atoms in total. The van der Waals surface area contributed by atoms with Gasteiger partial charge in [-0.2, -0.15) is 0 Å². The summed E-state index contributed by atoms with van der Waals surface area (Å²) >= 11 is 1.40. The highest BCUT2D eigenvalue weighted by Crippen LogP contribution is 2.29. The lowest BCUT2D eigenvalue weighted by molar-refractivity contribution is -0.385. The van der Waals surface area contributed by atoms with Crippen LogP contribution in [0.5, 0.6) is 5.75 Å². The van der Waals surface area contributed by atoms with Crippen LogP contribution in [0, 0.1) is 10.1 Å². The highest BCUT2D eigenvalue weighted by molar-refractivity contribution is 7.99. The number of hydrogen-bond donors (Lipinski definition) is 2. The molecule has 3 N–H and O–H groups in total. The zero-order chi connectivity index (χ0) is 18.2. The van der Waals surface area contributed by atoms with Crippen LogP contribution >= 0.6 is 11.8 Å². The Morgan fingerprint density at radius 2 is 2.08 bits per heavy atom. The van der Waals surface area contributed by atoms with E-state index in [1.807, 2.05) is 13.8 Å². The molecule has 0 aliphatic carbocycles. The quantitative estimate of drug-likeness (QED) is 0.493. The summed E-state index contributed by atoms with van der Waals surface area (Å²) in [5.41, 5.74) is 6.13. The van der Waals surface area contributed by atoms with Crippen LogP contribution in [-0.2, 0) is 10.5 Å². The van der Waals surface area contributed by atoms with Crippen molar-refractivity contribution in [3.8, 4) is 5.75 Å². The van der Waals surface area contributed by atoms with Gasteiger partial charge in [-0.15, -0.1) is 11.8 Å². The van der Waals surface area contributed by atoms with Crippen LogP contribution in [0.3, 0.4) is 0 Å². The molecule has 1 aromatic rings. The molecule has 0 fully saturated rings. The van der Waals surface area contributed by atoms with Gasteiger partial charge in [0.25, 0.3) is 0 Å². The fraction of sp³-hybridized carbons (Fsp3) is 0.562. The minimum absolute atomic E-state index is 0.0702. The van der Waals surface area contributed by atoms with Crippen molar-refractivity contribution in [3.63, 3.8) is 0 Å². The maximum absolute atomic E-state index is 12.1. The molecule has 1 rings (SSSR count). The summed E-state index contributed by atoms with van der Waals surface area (Å²) in [7, 11) is 1.40. The average Bonchev–Trinajstić information content (AvgIpc) is 2.59. The number of rotatable bonds is 10. The molecule has 0 heterocycles. The van der Waals surface area contributed by atoms with E-state index in [0.29, 0.717) is 12.3 Å². The fourth-order valence-electron chi connectivity index (χ4n) is 2.33. The molecule has 1 aromatic carbocycles. The number of nitrogens with two attached hydrogens (primary N) is 1. The smallest absolute Gasteiger partial charge is 0.311 e. The third kappa shape index (κ3) is 5.38. The standard InChI is InChI=1S/C16H25N3O4S/c1-4-16(5-2,11-17)18-15(20)10-24-9-12-6-7-14(23-3)13(8-12)19(21)22/h6-8H,4-5,9-11,17H2,1-3H3,(H,18,20). The average molecular weight is 355 g/mol. The van der Waals surface area contributed by atoms with Crippen molar-refractivity contribution < 1.29 is 14.5 Å². The van der Waals surface area contributed by atoms with Gasteiger partial charge in [0.05, 0.1) is 23.3 Å². The molecule has 24 heavy (non-hydrogen) atoms. The number of nitro benzene ring substituents is 1. The molecule has 134 valence electrons. The van der Waals surface area contributed by atoms with Gasteiger partial charge in [-0.25, -0.2) is 0 Å². The first-order chi connectivity index (χ1) is 11.4. The van der Waals surface area contributed by atoms with Crippen LogP contribution in [0.1, 0.15) is 32.3 Å². The third-order valence-corrected chi connectivity index (χ3v) is 5.09. The summed E-state index contributed by atoms with van der Waals surface area (Å²) in [5.74, 6) is 0.940. The first kappa shape index (κ1) is 20.2. The summed E-state index contributed by atoms with van der Waals surface area (Å²) in [6.07, 6.45) is 1.56. The summed E-state index contributed by atoms with van der Waals surface area (Å²) in [6.45, 7) is 4.40. The van der Waals surface area contributed by atoms with Crippen molar-refractivity contribution in [2.24, 2.45) is 5.73 Å². The Kier molecular flexibility index (Phi) is 8.00. The Balaban J connectivity index is 2.60. The number of benzene rings is 1. The van der Waals surface area contributed by atoms with E-state index in [2.05, 4.69) is 5.32 Å². The fourth-order valence-corrected chi connectivity index (χ4v) is 3.10. The van der Waals surface area contributed by atoms with Gasteiger partial charge >= 0.3 is 5.69 Å². The van der Waals surface area contributed by atoms with Crippen molar-refractivity contribution in [1.82, 2.24) is 5.32 Å². The molecule has 0 radical (unpaired) electrons. The number of methoxy groups -OCH3 is 1. The molecule has 8 heteroatoms. The van der Waals surface area contributed by atoms with E-state index < -0.39 is 4.92 Å². The second-order valence-corrected chi connectivity index (χ2v) is 6.48. The lowest BCUT2D eigenvalue weighted by Crippen LogP contribution is -2.53. The monoisotopic (exact) mass is 355 g/mol. The summed E-state index contributed by atoms with van der Waals surface area (Å²) in [6, 6.07) is 4.81. The van der Waals surface area contributed by atoms with E-state index in [1.54, 1.807) is 12.1 Å². The zero-order valence-electron chi connectivity index (χ0n) is 14.3. The minimum Gasteiger partial charge on any atom is -0.490 e. The number of nitrogens with one attached hydrogen (secondary N) is 1. The van der Waals surface area contributed by atoms with Crippen LogP contribution < -0.4 is 15.8 Å². The van der Waals surface area contributed by atoms with Crippen molar-refractivity contribution in [1.29, 1.82) is 0 Å². The molecule has 0 aliphatic heterocycles. The van der Waals surface area contributed by atoms with Crippen LogP contribution in [0.15, 0.2) is 18.2 Å². The number of nitro groups is 1. The van der Waals surface area contributed by atoms with Crippen LogP contribution in [0.25, 0.3) is 0 Å². The Morgan fingerprint density at radius 3 is 2.58 bits per heavy atom. The second-order valence-electron chi connectivity index (χ2n) is 5.50. The van der Waals surface area contributed by atoms with Gasteiger partial charge in [0.1, 0.15) is 0 Å². The SMILES string of the molecule is CCC(CC)(CN)NC(=O)CSCc1ccc(OC)c([N+](=O)[O-])c1. The maximum Gasteiger partial charge on any atom is 0.311 e. The van der Waals surface area contributed by atoms with Crippen LogP contribution in [0.4, 0.5) is 5.69 Å².